The van der Waals surface area contributed by atoms with E-state index in [4.69, 9.17) is 0 Å². The molecule has 0 aromatic rings. The summed E-state index contributed by atoms with van der Waals surface area (Å²) in [5.41, 5.74) is -0.492. The number of carboxylic acids is 1. The van der Waals surface area contributed by atoms with E-state index in [9.17, 15) is 24.3 Å². The smallest absolute Gasteiger partial charge is 0.326 e. The lowest BCUT2D eigenvalue weighted by atomic mass is 10.0. The third-order valence-corrected chi connectivity index (χ3v) is 6.58. The van der Waals surface area contributed by atoms with Crippen LogP contribution in [0.4, 0.5) is 0 Å². The number of nitrogens with zero attached hydrogens (tertiary/aromatic N) is 2. The van der Waals surface area contributed by atoms with E-state index < -0.39 is 35.5 Å². The van der Waals surface area contributed by atoms with Crippen molar-refractivity contribution in [2.75, 3.05) is 20.1 Å². The molecule has 1 saturated carbocycles. The Balaban J connectivity index is 1.90. The fraction of sp³-hybridized carbons (Fsp3) is 0.800. The van der Waals surface area contributed by atoms with Crippen LogP contribution >= 0.6 is 0 Å². The molecule has 2 aliphatic heterocycles. The van der Waals surface area contributed by atoms with Crippen molar-refractivity contribution in [2.45, 2.75) is 70.1 Å². The minimum atomic E-state index is -1.01. The number of aliphatic carboxylic acids is 1. The lowest BCUT2D eigenvalue weighted by Gasteiger charge is -2.38. The summed E-state index contributed by atoms with van der Waals surface area (Å²) in [7, 11) is 1.65. The monoisotopic (exact) mass is 408 g/mol. The van der Waals surface area contributed by atoms with Crippen molar-refractivity contribution < 1.29 is 24.3 Å². The van der Waals surface area contributed by atoms with Crippen molar-refractivity contribution in [2.24, 2.45) is 11.8 Å². The van der Waals surface area contributed by atoms with Crippen molar-refractivity contribution in [1.82, 2.24) is 20.4 Å². The van der Waals surface area contributed by atoms with Gasteiger partial charge in [-0.05, 0) is 39.2 Å². The van der Waals surface area contributed by atoms with Crippen LogP contribution in [0.25, 0.3) is 0 Å². The zero-order chi connectivity index (χ0) is 21.5. The first-order valence-electron chi connectivity index (χ1n) is 10.4. The number of nitrogens with one attached hydrogen (secondary N) is 2. The number of carbonyl (C=O) groups excluding carboxylic acids is 3. The summed E-state index contributed by atoms with van der Waals surface area (Å²) in [5.74, 6) is -1.50. The van der Waals surface area contributed by atoms with Gasteiger partial charge in [-0.1, -0.05) is 13.8 Å². The molecule has 3 rings (SSSR count). The minimum Gasteiger partial charge on any atom is -0.480 e. The maximum atomic E-state index is 13.5. The molecule has 29 heavy (non-hydrogen) atoms. The molecule has 3 fully saturated rings. The fourth-order valence-corrected chi connectivity index (χ4v) is 4.78. The van der Waals surface area contributed by atoms with Gasteiger partial charge in [0.15, 0.2) is 0 Å². The van der Waals surface area contributed by atoms with Crippen LogP contribution in [0.3, 0.4) is 0 Å². The predicted octanol–water partition coefficient (Wildman–Crippen LogP) is -0.198. The second kappa shape index (κ2) is 7.93. The topological polar surface area (TPSA) is 119 Å². The van der Waals surface area contributed by atoms with Crippen molar-refractivity contribution >= 4 is 23.7 Å². The maximum absolute atomic E-state index is 13.5. The van der Waals surface area contributed by atoms with Gasteiger partial charge in [-0.2, -0.15) is 0 Å². The minimum absolute atomic E-state index is 0.0306. The average Bonchev–Trinajstić information content (AvgIpc) is 3.16. The molecule has 1 aliphatic carbocycles. The van der Waals surface area contributed by atoms with Gasteiger partial charge in [-0.15, -0.1) is 0 Å². The molecular formula is C20H32N4O5. The highest BCUT2D eigenvalue weighted by molar-refractivity contribution is 5.94. The highest BCUT2D eigenvalue weighted by Gasteiger charge is 2.67. The number of rotatable bonds is 6. The second-order valence-corrected chi connectivity index (χ2v) is 9.07. The molecule has 0 bridgehead atoms. The van der Waals surface area contributed by atoms with Crippen LogP contribution in [-0.4, -0.2) is 82.4 Å². The summed E-state index contributed by atoms with van der Waals surface area (Å²) in [5, 5.41) is 15.2. The van der Waals surface area contributed by atoms with Crippen molar-refractivity contribution in [3.63, 3.8) is 0 Å². The van der Waals surface area contributed by atoms with E-state index >= 15 is 0 Å². The standard InChI is InChI=1S/C20H32N4O5/c1-11(2)7-16(25)23-9-13-8-20(13)6-5-15(19(28)29)24(20)18(27)14(10-23)22-17(26)12(3)21-4/h11-15,21H,5-10H2,1-4H3,(H,22,26)(H,28,29)/t12-,13?,14-,15-,20?/m0/s1. The Bertz CT molecular complexity index is 711. The summed E-state index contributed by atoms with van der Waals surface area (Å²) >= 11 is 0. The second-order valence-electron chi connectivity index (χ2n) is 9.07. The summed E-state index contributed by atoms with van der Waals surface area (Å²) < 4.78 is 0. The van der Waals surface area contributed by atoms with Crippen molar-refractivity contribution in [3.05, 3.63) is 0 Å². The van der Waals surface area contributed by atoms with Gasteiger partial charge in [0.05, 0.1) is 6.04 Å². The van der Waals surface area contributed by atoms with Gasteiger partial charge < -0.3 is 25.5 Å². The first-order valence-corrected chi connectivity index (χ1v) is 10.4. The third-order valence-electron chi connectivity index (χ3n) is 6.58. The molecule has 2 unspecified atom stereocenters. The van der Waals surface area contributed by atoms with Gasteiger partial charge in [0, 0.05) is 31.0 Å². The molecule has 9 heteroatoms. The summed E-state index contributed by atoms with van der Waals surface area (Å²) in [6.45, 7) is 6.18. The number of carbonyl (C=O) groups is 4. The maximum Gasteiger partial charge on any atom is 0.326 e. The Kier molecular flexibility index (Phi) is 5.89. The third kappa shape index (κ3) is 3.97. The molecule has 2 saturated heterocycles. The Morgan fingerprint density at radius 1 is 1.24 bits per heavy atom. The fourth-order valence-electron chi connectivity index (χ4n) is 4.78. The average molecular weight is 408 g/mol. The normalized spacial score (nSPS) is 32.2. The first kappa shape index (κ1) is 21.5. The van der Waals surface area contributed by atoms with Crippen molar-refractivity contribution in [3.8, 4) is 0 Å². The molecule has 3 N–H and O–H groups in total. The number of hydrogen-bond donors (Lipinski definition) is 3. The van der Waals surface area contributed by atoms with Crippen LogP contribution in [-0.2, 0) is 19.2 Å². The molecule has 0 aromatic carbocycles. The molecule has 0 aromatic heterocycles. The van der Waals surface area contributed by atoms with Gasteiger partial charge in [0.1, 0.15) is 12.1 Å². The highest BCUT2D eigenvalue weighted by Crippen LogP contribution is 2.58. The molecule has 1 spiro atoms. The molecule has 5 atom stereocenters. The molecule has 3 aliphatic rings. The lowest BCUT2D eigenvalue weighted by Crippen LogP contribution is -2.62. The van der Waals surface area contributed by atoms with E-state index in [2.05, 4.69) is 10.6 Å². The quantitative estimate of drug-likeness (QED) is 0.560. The molecular weight excluding hydrogens is 376 g/mol. The number of amides is 3. The zero-order valence-electron chi connectivity index (χ0n) is 17.6. The summed E-state index contributed by atoms with van der Waals surface area (Å²) in [6.07, 6.45) is 2.12. The number of carboxylic acid groups (broad SMARTS) is 1. The van der Waals surface area contributed by atoms with Crippen LogP contribution in [0.2, 0.25) is 0 Å². The van der Waals surface area contributed by atoms with Gasteiger partial charge >= 0.3 is 5.97 Å². The van der Waals surface area contributed by atoms with E-state index in [1.165, 1.54) is 4.90 Å². The van der Waals surface area contributed by atoms with Crippen LogP contribution in [0, 0.1) is 11.8 Å². The van der Waals surface area contributed by atoms with Crippen LogP contribution < -0.4 is 10.6 Å². The Morgan fingerprint density at radius 2 is 1.93 bits per heavy atom. The highest BCUT2D eigenvalue weighted by atomic mass is 16.4. The number of hydrogen-bond acceptors (Lipinski definition) is 5. The van der Waals surface area contributed by atoms with Crippen LogP contribution in [0.15, 0.2) is 0 Å². The summed E-state index contributed by atoms with van der Waals surface area (Å²) in [4.78, 5) is 53.7. The SMILES string of the molecule is CN[C@@H](C)C(=O)N[C@H]1CN(C(=O)CC(C)C)CC2CC23CC[C@@H](C(=O)O)N3C1=O. The van der Waals surface area contributed by atoms with Gasteiger partial charge in [0.2, 0.25) is 17.7 Å². The van der Waals surface area contributed by atoms with E-state index in [1.54, 1.807) is 18.9 Å². The van der Waals surface area contributed by atoms with Gasteiger partial charge in [-0.3, -0.25) is 14.4 Å². The molecule has 9 nitrogen and oxygen atoms in total. The summed E-state index contributed by atoms with van der Waals surface area (Å²) in [6, 6.07) is -2.33. The van der Waals surface area contributed by atoms with Crippen molar-refractivity contribution in [1.29, 1.82) is 0 Å². The van der Waals surface area contributed by atoms with E-state index in [0.717, 1.165) is 0 Å². The zero-order valence-corrected chi connectivity index (χ0v) is 17.6. The van der Waals surface area contributed by atoms with E-state index in [0.29, 0.717) is 32.2 Å². The van der Waals surface area contributed by atoms with Gasteiger partial charge in [0.25, 0.3) is 0 Å². The Labute approximate surface area is 171 Å². The van der Waals surface area contributed by atoms with E-state index in [1.807, 2.05) is 13.8 Å². The molecule has 0 radical (unpaired) electrons. The molecule has 3 amide bonds. The first-order chi connectivity index (χ1) is 13.6. The lowest BCUT2D eigenvalue weighted by molar-refractivity contribution is -0.153. The number of likely N-dealkylation sites (N-methyl/N-ethyl adjacent to an activating group) is 1. The molecule has 2 heterocycles. The largest absolute Gasteiger partial charge is 0.480 e. The predicted molar refractivity (Wildman–Crippen MR) is 105 cm³/mol. The Hall–Kier alpha value is -2.16. The van der Waals surface area contributed by atoms with Crippen LogP contribution in [0.1, 0.15) is 46.5 Å². The molecule has 162 valence electrons. The van der Waals surface area contributed by atoms with Crippen LogP contribution in [0.5, 0.6) is 0 Å². The van der Waals surface area contributed by atoms with Gasteiger partial charge in [-0.25, -0.2) is 4.79 Å². The van der Waals surface area contributed by atoms with E-state index in [-0.39, 0.29) is 30.2 Å². The Morgan fingerprint density at radius 3 is 2.52 bits per heavy atom.